The fourth-order valence-corrected chi connectivity index (χ4v) is 1.65. The molecule has 5 heteroatoms. The monoisotopic (exact) mass is 230 g/mol. The number of aliphatic hydroxyl groups excluding tert-OH is 1. The van der Waals surface area contributed by atoms with Crippen LogP contribution in [-0.4, -0.2) is 45.6 Å². The van der Waals surface area contributed by atoms with Crippen LogP contribution in [0.5, 0.6) is 0 Å². The number of hydrogen-bond acceptors (Lipinski definition) is 2. The number of ether oxygens (including phenoxy) is 1. The van der Waals surface area contributed by atoms with Gasteiger partial charge in [0.05, 0.1) is 0 Å². The van der Waals surface area contributed by atoms with Crippen LogP contribution in [0.1, 0.15) is 33.6 Å². The molecule has 0 unspecified atom stereocenters. The number of piperidine rings is 1. The Hall–Kier alpha value is -1.26. The number of hydrogen-bond donors (Lipinski definition) is 1. The lowest BCUT2D eigenvalue weighted by Gasteiger charge is -2.31. The van der Waals surface area contributed by atoms with Gasteiger partial charge >= 0.3 is 12.1 Å². The van der Waals surface area contributed by atoms with E-state index in [2.05, 4.69) is 0 Å². The van der Waals surface area contributed by atoms with Gasteiger partial charge in [0.15, 0.2) is 0 Å². The van der Waals surface area contributed by atoms with E-state index in [0.29, 0.717) is 25.9 Å². The number of likely N-dealkylation sites (tertiary alicyclic amines) is 1. The van der Waals surface area contributed by atoms with Crippen molar-refractivity contribution in [3.8, 4) is 0 Å². The van der Waals surface area contributed by atoms with Crippen LogP contribution in [-0.2, 0) is 4.74 Å². The molecule has 0 saturated carbocycles. The largest absolute Gasteiger partial charge is 0.483 e. The van der Waals surface area contributed by atoms with Crippen molar-refractivity contribution < 1.29 is 19.4 Å². The molecule has 2 N–H and O–H groups in total. The summed E-state index contributed by atoms with van der Waals surface area (Å²) < 4.78 is 5.23. The van der Waals surface area contributed by atoms with Crippen molar-refractivity contribution in [2.24, 2.45) is 5.92 Å². The first-order chi connectivity index (χ1) is 7.29. The quantitative estimate of drug-likeness (QED) is 0.697. The Morgan fingerprint density at radius 2 is 1.88 bits per heavy atom. The van der Waals surface area contributed by atoms with E-state index in [1.54, 1.807) is 4.90 Å². The number of carbonyl (C=O) groups is 1. The van der Waals surface area contributed by atoms with E-state index >= 15 is 0 Å². The van der Waals surface area contributed by atoms with E-state index in [4.69, 9.17) is 14.6 Å². The number of rotatable bonds is 1. The second-order valence-electron chi connectivity index (χ2n) is 5.10. The average molecular weight is 230 g/mol. The normalized spacial score (nSPS) is 18.3. The summed E-state index contributed by atoms with van der Waals surface area (Å²) in [5.41, 5.74) is -0.487. The van der Waals surface area contributed by atoms with Crippen molar-refractivity contribution in [2.75, 3.05) is 13.1 Å². The molecule has 1 aliphatic rings. The average Bonchev–Trinajstić information content (AvgIpc) is 2.15. The maximum Gasteiger partial charge on any atom is 0.483 e. The van der Waals surface area contributed by atoms with Gasteiger partial charge in [-0.2, -0.15) is 0 Å². The van der Waals surface area contributed by atoms with Crippen molar-refractivity contribution in [3.63, 3.8) is 0 Å². The summed E-state index contributed by atoms with van der Waals surface area (Å²) in [7, 11) is 0. The first kappa shape index (κ1) is 12.8. The van der Waals surface area contributed by atoms with E-state index in [0.717, 1.165) is 0 Å². The molecule has 0 radical (unpaired) electrons. The summed E-state index contributed by atoms with van der Waals surface area (Å²) in [5.74, 6) is -0.734. The van der Waals surface area contributed by atoms with Gasteiger partial charge in [0, 0.05) is 13.1 Å². The summed E-state index contributed by atoms with van der Waals surface area (Å²) in [6.45, 7) is 6.48. The highest BCUT2D eigenvalue weighted by atomic mass is 16.6. The molecule has 0 atom stereocenters. The molecule has 5 nitrogen and oxygen atoms in total. The molecular formula is C11H20NO4+. The van der Waals surface area contributed by atoms with Gasteiger partial charge < -0.3 is 19.5 Å². The van der Waals surface area contributed by atoms with Crippen LogP contribution < -0.4 is 0 Å². The van der Waals surface area contributed by atoms with Crippen LogP contribution in [0.15, 0.2) is 0 Å². The van der Waals surface area contributed by atoms with E-state index in [1.807, 2.05) is 20.8 Å². The molecular weight excluding hydrogens is 210 g/mol. The maximum atomic E-state index is 11.7. The van der Waals surface area contributed by atoms with E-state index < -0.39 is 11.6 Å². The van der Waals surface area contributed by atoms with Crippen LogP contribution >= 0.6 is 0 Å². The molecule has 0 aromatic heterocycles. The molecule has 0 bridgehead atoms. The molecule has 0 spiro atoms. The fourth-order valence-electron chi connectivity index (χ4n) is 1.65. The van der Waals surface area contributed by atoms with E-state index in [9.17, 15) is 4.79 Å². The third-order valence-corrected chi connectivity index (χ3v) is 2.51. The lowest BCUT2D eigenvalue weighted by atomic mass is 9.97. The highest BCUT2D eigenvalue weighted by Crippen LogP contribution is 2.19. The summed E-state index contributed by atoms with van der Waals surface area (Å²) in [5, 5.41) is 8.93. The summed E-state index contributed by atoms with van der Waals surface area (Å²) in [4.78, 5) is 22.2. The molecule has 1 saturated heterocycles. The van der Waals surface area contributed by atoms with E-state index in [-0.39, 0.29) is 12.0 Å². The van der Waals surface area contributed by atoms with Crippen molar-refractivity contribution in [2.45, 2.75) is 39.2 Å². The van der Waals surface area contributed by atoms with Crippen LogP contribution in [0, 0.1) is 5.92 Å². The van der Waals surface area contributed by atoms with Crippen molar-refractivity contribution in [3.05, 3.63) is 0 Å². The number of carboxylic acids is 1. The Bertz CT molecular complexity index is 274. The van der Waals surface area contributed by atoms with Crippen LogP contribution in [0.25, 0.3) is 0 Å². The van der Waals surface area contributed by atoms with Gasteiger partial charge in [0.1, 0.15) is 11.5 Å². The van der Waals surface area contributed by atoms with Crippen molar-refractivity contribution >= 4 is 12.1 Å². The van der Waals surface area contributed by atoms with Gasteiger partial charge in [-0.25, -0.2) is 4.79 Å². The molecule has 1 fully saturated rings. The Balaban J connectivity index is 2.42. The maximum absolute atomic E-state index is 11.7. The van der Waals surface area contributed by atoms with Crippen molar-refractivity contribution in [1.29, 1.82) is 0 Å². The predicted molar refractivity (Wildman–Crippen MR) is 60.1 cm³/mol. The first-order valence-electron chi connectivity index (χ1n) is 5.52. The Morgan fingerprint density at radius 1 is 1.38 bits per heavy atom. The standard InChI is InChI=1S/C11H19NO4/c1-11(2,3)16-10(15)12-6-4-8(5-7-12)9(13)14/h8H,4-7H2,1-3H3,(H,13,14)/p+1. The topological polar surface area (TPSA) is 71.2 Å². The molecule has 16 heavy (non-hydrogen) atoms. The summed E-state index contributed by atoms with van der Waals surface area (Å²) in [6.07, 6.45) is 0.812. The van der Waals surface area contributed by atoms with E-state index in [1.165, 1.54) is 0 Å². The van der Waals surface area contributed by atoms with Crippen molar-refractivity contribution in [1.82, 2.24) is 4.90 Å². The minimum absolute atomic E-state index is 0.210. The molecule has 0 aliphatic carbocycles. The molecule has 0 aromatic carbocycles. The second kappa shape index (κ2) is 4.72. The smallest absolute Gasteiger partial charge is 0.444 e. The lowest BCUT2D eigenvalue weighted by molar-refractivity contribution is 0.0195. The minimum atomic E-state index is -0.524. The fraction of sp³-hybridized carbons (Fsp3) is 0.818. The first-order valence-corrected chi connectivity index (χ1v) is 5.52. The van der Waals surface area contributed by atoms with Gasteiger partial charge in [-0.15, -0.1) is 0 Å². The third-order valence-electron chi connectivity index (χ3n) is 2.51. The van der Waals surface area contributed by atoms with Gasteiger partial charge in [0.25, 0.3) is 0 Å². The molecule has 1 heterocycles. The minimum Gasteiger partial charge on any atom is -0.444 e. The number of nitrogens with zero attached hydrogens (tertiary/aromatic N) is 1. The molecule has 1 rings (SSSR count). The number of carboxylic acid groups (broad SMARTS) is 1. The zero-order chi connectivity index (χ0) is 12.3. The highest BCUT2D eigenvalue weighted by molar-refractivity contribution is 5.72. The Morgan fingerprint density at radius 3 is 2.25 bits per heavy atom. The SMILES string of the molecule is CC(C)(C)OC(=O)N1CCC(C(O)=[OH+])CC1. The summed E-state index contributed by atoms with van der Waals surface area (Å²) >= 11 is 0. The zero-order valence-electron chi connectivity index (χ0n) is 10.1. The number of aliphatic carboxylic acids is 1. The predicted octanol–water partition coefficient (Wildman–Crippen LogP) is 1.69. The Labute approximate surface area is 95.4 Å². The highest BCUT2D eigenvalue weighted by Gasteiger charge is 2.32. The molecule has 0 aromatic rings. The molecule has 92 valence electrons. The van der Waals surface area contributed by atoms with Crippen LogP contribution in [0.4, 0.5) is 4.79 Å². The number of carbonyl (C=O) groups excluding carboxylic acids is 1. The van der Waals surface area contributed by atoms with Crippen LogP contribution in [0.3, 0.4) is 0 Å². The Kier molecular flexibility index (Phi) is 3.78. The third kappa shape index (κ3) is 3.72. The lowest BCUT2D eigenvalue weighted by Crippen LogP contribution is -2.43. The van der Waals surface area contributed by atoms with Gasteiger partial charge in [-0.1, -0.05) is 0 Å². The van der Waals surface area contributed by atoms with Gasteiger partial charge in [0.2, 0.25) is 0 Å². The molecule has 1 aliphatic heterocycles. The second-order valence-corrected chi connectivity index (χ2v) is 5.10. The van der Waals surface area contributed by atoms with Crippen LogP contribution in [0.2, 0.25) is 0 Å². The summed E-state index contributed by atoms with van der Waals surface area (Å²) in [6, 6.07) is 0. The van der Waals surface area contributed by atoms with Gasteiger partial charge in [-0.3, -0.25) is 0 Å². The zero-order valence-corrected chi connectivity index (χ0v) is 10.1. The van der Waals surface area contributed by atoms with Gasteiger partial charge in [-0.05, 0) is 33.6 Å². The number of amides is 1. The molecule has 1 amide bonds.